The van der Waals surface area contributed by atoms with E-state index in [1.807, 2.05) is 12.1 Å². The fourth-order valence-corrected chi connectivity index (χ4v) is 2.44. The number of hydrogen-bond donors (Lipinski definition) is 2. The summed E-state index contributed by atoms with van der Waals surface area (Å²) in [5, 5.41) is 7.39. The van der Waals surface area contributed by atoms with Crippen LogP contribution in [0.1, 0.15) is 5.56 Å². The highest BCUT2D eigenvalue weighted by Gasteiger charge is 2.12. The smallest absolute Gasteiger partial charge is 0.290 e. The molecule has 0 radical (unpaired) electrons. The Labute approximate surface area is 148 Å². The Morgan fingerprint density at radius 1 is 1.28 bits per heavy atom. The minimum atomic E-state index is -0.539. The highest BCUT2D eigenvalue weighted by Crippen LogP contribution is 2.17. The van der Waals surface area contributed by atoms with Crippen molar-refractivity contribution < 1.29 is 9.21 Å². The van der Waals surface area contributed by atoms with E-state index in [4.69, 9.17) is 21.8 Å². The monoisotopic (exact) mass is 358 g/mol. The molecule has 0 bridgehead atoms. The minimum Gasteiger partial charge on any atom is -0.463 e. The molecule has 0 aliphatic heterocycles. The summed E-state index contributed by atoms with van der Waals surface area (Å²) in [7, 11) is 0. The fraction of sp³-hybridized carbons (Fsp3) is 0.118. The molecule has 2 aromatic heterocycles. The van der Waals surface area contributed by atoms with Crippen LogP contribution in [0.2, 0.25) is 5.02 Å². The van der Waals surface area contributed by atoms with E-state index in [0.717, 1.165) is 10.2 Å². The lowest BCUT2D eigenvalue weighted by Crippen LogP contribution is -2.34. The number of halogens is 1. The molecule has 0 unspecified atom stereocenters. The lowest BCUT2D eigenvalue weighted by Gasteiger charge is -2.09. The van der Waals surface area contributed by atoms with Crippen molar-refractivity contribution in [2.24, 2.45) is 0 Å². The first-order valence-electron chi connectivity index (χ1n) is 7.46. The molecule has 7 nitrogen and oxygen atoms in total. The maximum Gasteiger partial charge on any atom is 0.290 e. The van der Waals surface area contributed by atoms with Crippen molar-refractivity contribution >= 4 is 23.2 Å². The van der Waals surface area contributed by atoms with Gasteiger partial charge in [0.05, 0.1) is 6.26 Å². The van der Waals surface area contributed by atoms with Crippen LogP contribution in [0.3, 0.4) is 0 Å². The Morgan fingerprint density at radius 2 is 2.08 bits per heavy atom. The van der Waals surface area contributed by atoms with Crippen LogP contribution < -0.4 is 16.6 Å². The number of amides is 1. The first-order chi connectivity index (χ1) is 12.0. The maximum atomic E-state index is 12.1. The lowest BCUT2D eigenvalue weighted by molar-refractivity contribution is -0.122. The predicted octanol–water partition coefficient (Wildman–Crippen LogP) is 2.06. The zero-order valence-corrected chi connectivity index (χ0v) is 13.9. The van der Waals surface area contributed by atoms with Crippen LogP contribution in [0.5, 0.6) is 0 Å². The van der Waals surface area contributed by atoms with Crippen molar-refractivity contribution in [1.29, 1.82) is 0 Å². The molecule has 0 spiro atoms. The van der Waals surface area contributed by atoms with E-state index in [2.05, 4.69) is 10.4 Å². The van der Waals surface area contributed by atoms with Crippen LogP contribution in [-0.4, -0.2) is 15.7 Å². The Hall–Kier alpha value is -3.06. The van der Waals surface area contributed by atoms with Crippen LogP contribution in [0.4, 0.5) is 5.69 Å². The van der Waals surface area contributed by atoms with E-state index in [1.54, 1.807) is 24.3 Å². The summed E-state index contributed by atoms with van der Waals surface area (Å²) < 4.78 is 6.25. The summed E-state index contributed by atoms with van der Waals surface area (Å²) in [4.78, 5) is 24.2. The maximum absolute atomic E-state index is 12.1. The van der Waals surface area contributed by atoms with Gasteiger partial charge in [-0.05, 0) is 29.8 Å². The summed E-state index contributed by atoms with van der Waals surface area (Å²) in [6.45, 7) is -0.0113. The molecule has 1 aromatic carbocycles. The quantitative estimate of drug-likeness (QED) is 0.726. The van der Waals surface area contributed by atoms with Crippen LogP contribution >= 0.6 is 11.6 Å². The number of nitrogen functional groups attached to an aromatic ring is 1. The molecule has 0 atom stereocenters. The molecule has 3 rings (SSSR count). The first-order valence-corrected chi connectivity index (χ1v) is 7.84. The van der Waals surface area contributed by atoms with E-state index < -0.39 is 5.56 Å². The Bertz CT molecular complexity index is 951. The average Bonchev–Trinajstić information content (AvgIpc) is 3.12. The van der Waals surface area contributed by atoms with Crippen LogP contribution in [-0.2, 0) is 17.9 Å². The number of benzene rings is 1. The number of anilines is 1. The third kappa shape index (κ3) is 3.89. The van der Waals surface area contributed by atoms with E-state index >= 15 is 0 Å². The molecule has 3 aromatic rings. The summed E-state index contributed by atoms with van der Waals surface area (Å²) in [6, 6.07) is 12.0. The molecule has 0 aliphatic carbocycles. The summed E-state index contributed by atoms with van der Waals surface area (Å²) >= 11 is 6.05. The zero-order chi connectivity index (χ0) is 17.8. The topological polar surface area (TPSA) is 103 Å². The van der Waals surface area contributed by atoms with Crippen LogP contribution in [0.15, 0.2) is 57.9 Å². The van der Waals surface area contributed by atoms with Crippen LogP contribution in [0, 0.1) is 0 Å². The SMILES string of the molecule is Nc1cc(-c2ccco2)nn(CC(=O)NCc2ccccc2Cl)c1=O. The molecule has 2 heterocycles. The number of aromatic nitrogens is 2. The van der Waals surface area contributed by atoms with E-state index in [1.165, 1.54) is 12.3 Å². The van der Waals surface area contributed by atoms with Crippen molar-refractivity contribution in [2.45, 2.75) is 13.1 Å². The van der Waals surface area contributed by atoms with Gasteiger partial charge >= 0.3 is 0 Å². The van der Waals surface area contributed by atoms with Gasteiger partial charge in [0, 0.05) is 11.6 Å². The highest BCUT2D eigenvalue weighted by atomic mass is 35.5. The second-order valence-corrected chi connectivity index (χ2v) is 5.70. The number of nitrogens with one attached hydrogen (secondary N) is 1. The Balaban J connectivity index is 1.75. The second-order valence-electron chi connectivity index (χ2n) is 5.29. The van der Waals surface area contributed by atoms with Gasteiger partial charge < -0.3 is 15.5 Å². The fourth-order valence-electron chi connectivity index (χ4n) is 2.24. The van der Waals surface area contributed by atoms with E-state index in [-0.39, 0.29) is 24.7 Å². The third-order valence-corrected chi connectivity index (χ3v) is 3.87. The number of furan rings is 1. The molecule has 3 N–H and O–H groups in total. The van der Waals surface area contributed by atoms with Gasteiger partial charge in [0.15, 0.2) is 5.76 Å². The number of rotatable bonds is 5. The predicted molar refractivity (Wildman–Crippen MR) is 93.9 cm³/mol. The molecule has 128 valence electrons. The third-order valence-electron chi connectivity index (χ3n) is 3.50. The van der Waals surface area contributed by atoms with Crippen molar-refractivity contribution in [3.05, 3.63) is 69.7 Å². The normalized spacial score (nSPS) is 10.6. The van der Waals surface area contributed by atoms with Gasteiger partial charge in [0.1, 0.15) is 17.9 Å². The molecular weight excluding hydrogens is 344 g/mol. The van der Waals surface area contributed by atoms with Gasteiger partial charge in [0.25, 0.3) is 5.56 Å². The van der Waals surface area contributed by atoms with Crippen molar-refractivity contribution in [3.63, 3.8) is 0 Å². The van der Waals surface area contributed by atoms with Gasteiger partial charge in [0.2, 0.25) is 5.91 Å². The Morgan fingerprint density at radius 3 is 2.80 bits per heavy atom. The minimum absolute atomic E-state index is 0.0136. The van der Waals surface area contributed by atoms with E-state index in [9.17, 15) is 9.59 Å². The van der Waals surface area contributed by atoms with E-state index in [0.29, 0.717) is 16.5 Å². The summed E-state index contributed by atoms with van der Waals surface area (Å²) in [6.07, 6.45) is 1.49. The van der Waals surface area contributed by atoms with Gasteiger partial charge in [-0.25, -0.2) is 4.68 Å². The van der Waals surface area contributed by atoms with Crippen molar-refractivity contribution in [3.8, 4) is 11.5 Å². The highest BCUT2D eigenvalue weighted by molar-refractivity contribution is 6.31. The molecule has 1 amide bonds. The number of hydrogen-bond acceptors (Lipinski definition) is 5. The zero-order valence-electron chi connectivity index (χ0n) is 13.1. The average molecular weight is 359 g/mol. The summed E-state index contributed by atoms with van der Waals surface area (Å²) in [5.74, 6) is 0.0717. The van der Waals surface area contributed by atoms with Crippen LogP contribution in [0.25, 0.3) is 11.5 Å². The molecule has 0 fully saturated rings. The van der Waals surface area contributed by atoms with Crippen molar-refractivity contribution in [1.82, 2.24) is 15.1 Å². The summed E-state index contributed by atoms with van der Waals surface area (Å²) in [5.41, 5.74) is 6.33. The van der Waals surface area contributed by atoms with Crippen molar-refractivity contribution in [2.75, 3.05) is 5.73 Å². The molecule has 25 heavy (non-hydrogen) atoms. The molecule has 0 aliphatic rings. The lowest BCUT2D eigenvalue weighted by atomic mass is 10.2. The van der Waals surface area contributed by atoms with Gasteiger partial charge in [-0.15, -0.1) is 0 Å². The molecule has 0 saturated carbocycles. The number of nitrogens with zero attached hydrogens (tertiary/aromatic N) is 2. The largest absolute Gasteiger partial charge is 0.463 e. The first kappa shape index (κ1) is 16.8. The standard InChI is InChI=1S/C17H15ClN4O3/c18-12-5-2-1-4-11(12)9-20-16(23)10-22-17(24)13(19)8-14(21-22)15-6-3-7-25-15/h1-8H,9-10,19H2,(H,20,23). The molecular formula is C17H15ClN4O3. The van der Waals surface area contributed by atoms with Gasteiger partial charge in [-0.1, -0.05) is 29.8 Å². The second kappa shape index (κ2) is 7.23. The number of nitrogens with two attached hydrogens (primary N) is 1. The Kier molecular flexibility index (Phi) is 4.85. The van der Waals surface area contributed by atoms with Gasteiger partial charge in [-0.3, -0.25) is 9.59 Å². The molecule has 0 saturated heterocycles. The number of carbonyl (C=O) groups is 1. The van der Waals surface area contributed by atoms with Gasteiger partial charge in [-0.2, -0.15) is 5.10 Å². The number of carbonyl (C=O) groups excluding carboxylic acids is 1. The molecule has 8 heteroatoms.